The van der Waals surface area contributed by atoms with Crippen LogP contribution in [0.15, 0.2) is 30.3 Å². The molecule has 0 saturated heterocycles. The summed E-state index contributed by atoms with van der Waals surface area (Å²) in [6, 6.07) is 6.10. The van der Waals surface area contributed by atoms with Crippen LogP contribution in [0.2, 0.25) is 0 Å². The number of H-pyrrole nitrogens is 1. The van der Waals surface area contributed by atoms with E-state index in [1.165, 1.54) is 18.2 Å². The molecule has 0 atom stereocenters. The first-order chi connectivity index (χ1) is 7.47. The summed E-state index contributed by atoms with van der Waals surface area (Å²) in [6.07, 6.45) is -4.50. The molecule has 0 aliphatic rings. The van der Waals surface area contributed by atoms with Gasteiger partial charge in [-0.25, -0.2) is 4.39 Å². The molecule has 6 heteroatoms. The van der Waals surface area contributed by atoms with E-state index in [1.807, 2.05) is 0 Å². The Bertz CT molecular complexity index is 502. The van der Waals surface area contributed by atoms with E-state index in [2.05, 4.69) is 10.2 Å². The highest BCUT2D eigenvalue weighted by molar-refractivity contribution is 5.59. The smallest absolute Gasteiger partial charge is 0.277 e. The molecule has 2 rings (SSSR count). The number of rotatable bonds is 1. The van der Waals surface area contributed by atoms with Crippen LogP contribution in [-0.2, 0) is 6.18 Å². The third-order valence-corrected chi connectivity index (χ3v) is 2.00. The fourth-order valence-electron chi connectivity index (χ4n) is 1.27. The van der Waals surface area contributed by atoms with Crippen molar-refractivity contribution in [3.63, 3.8) is 0 Å². The van der Waals surface area contributed by atoms with Crippen LogP contribution in [0, 0.1) is 5.82 Å². The minimum atomic E-state index is -4.50. The van der Waals surface area contributed by atoms with Crippen LogP contribution < -0.4 is 0 Å². The third-order valence-electron chi connectivity index (χ3n) is 2.00. The maximum atomic E-state index is 12.8. The number of aromatic nitrogens is 2. The van der Waals surface area contributed by atoms with Gasteiger partial charge in [0.05, 0.1) is 5.69 Å². The number of alkyl halides is 3. The Balaban J connectivity index is 2.39. The fourth-order valence-corrected chi connectivity index (χ4v) is 1.27. The van der Waals surface area contributed by atoms with Crippen molar-refractivity contribution in [2.75, 3.05) is 0 Å². The maximum Gasteiger partial charge on any atom is 0.435 e. The zero-order chi connectivity index (χ0) is 11.8. The second-order valence-corrected chi connectivity index (χ2v) is 3.17. The van der Waals surface area contributed by atoms with Crippen LogP contribution in [0.3, 0.4) is 0 Å². The Morgan fingerprint density at radius 1 is 1.12 bits per heavy atom. The predicted molar refractivity (Wildman–Crippen MR) is 49.0 cm³/mol. The van der Waals surface area contributed by atoms with Crippen molar-refractivity contribution in [2.45, 2.75) is 6.18 Å². The summed E-state index contributed by atoms with van der Waals surface area (Å²) < 4.78 is 49.6. The van der Waals surface area contributed by atoms with Gasteiger partial charge >= 0.3 is 6.18 Å². The van der Waals surface area contributed by atoms with E-state index < -0.39 is 17.7 Å². The molecular formula is C10H6F4N2. The van der Waals surface area contributed by atoms with E-state index >= 15 is 0 Å². The van der Waals surface area contributed by atoms with Gasteiger partial charge in [0, 0.05) is 5.56 Å². The lowest BCUT2D eigenvalue weighted by molar-refractivity contribution is -0.141. The molecule has 0 radical (unpaired) electrons. The molecule has 0 spiro atoms. The van der Waals surface area contributed by atoms with Gasteiger partial charge in [-0.3, -0.25) is 5.10 Å². The molecule has 1 aromatic heterocycles. The Morgan fingerprint density at radius 3 is 2.44 bits per heavy atom. The Morgan fingerprint density at radius 2 is 1.88 bits per heavy atom. The van der Waals surface area contributed by atoms with Gasteiger partial charge in [0.2, 0.25) is 0 Å². The van der Waals surface area contributed by atoms with Gasteiger partial charge in [0.1, 0.15) is 5.82 Å². The fraction of sp³-hybridized carbons (Fsp3) is 0.100. The van der Waals surface area contributed by atoms with Crippen molar-refractivity contribution in [1.82, 2.24) is 10.2 Å². The molecule has 0 aliphatic carbocycles. The zero-order valence-corrected chi connectivity index (χ0v) is 7.85. The van der Waals surface area contributed by atoms with Crippen molar-refractivity contribution in [2.24, 2.45) is 0 Å². The average Bonchev–Trinajstić information content (AvgIpc) is 2.65. The zero-order valence-electron chi connectivity index (χ0n) is 7.85. The molecule has 1 heterocycles. The molecular weight excluding hydrogens is 224 g/mol. The molecule has 0 fully saturated rings. The molecule has 0 bridgehead atoms. The molecule has 84 valence electrons. The normalized spacial score (nSPS) is 11.8. The van der Waals surface area contributed by atoms with Crippen molar-refractivity contribution in [3.8, 4) is 11.3 Å². The Hall–Kier alpha value is -1.85. The van der Waals surface area contributed by atoms with Gasteiger partial charge in [-0.2, -0.15) is 18.3 Å². The second-order valence-electron chi connectivity index (χ2n) is 3.17. The van der Waals surface area contributed by atoms with E-state index in [4.69, 9.17) is 0 Å². The van der Waals surface area contributed by atoms with Crippen LogP contribution >= 0.6 is 0 Å². The summed E-state index contributed by atoms with van der Waals surface area (Å²) in [5, 5.41) is 5.34. The summed E-state index contributed by atoms with van der Waals surface area (Å²) in [5.74, 6) is -0.513. The van der Waals surface area contributed by atoms with Crippen LogP contribution in [0.4, 0.5) is 17.6 Å². The van der Waals surface area contributed by atoms with Crippen LogP contribution in [0.1, 0.15) is 5.69 Å². The highest BCUT2D eigenvalue weighted by Gasteiger charge is 2.33. The number of hydrogen-bond acceptors (Lipinski definition) is 1. The number of aromatic amines is 1. The van der Waals surface area contributed by atoms with E-state index in [0.717, 1.165) is 12.1 Å². The molecule has 16 heavy (non-hydrogen) atoms. The van der Waals surface area contributed by atoms with Crippen molar-refractivity contribution < 1.29 is 17.6 Å². The maximum absolute atomic E-state index is 12.8. The van der Waals surface area contributed by atoms with Crippen LogP contribution in [0.25, 0.3) is 11.3 Å². The van der Waals surface area contributed by atoms with Gasteiger partial charge in [0.25, 0.3) is 0 Å². The lowest BCUT2D eigenvalue weighted by Crippen LogP contribution is -2.04. The number of benzene rings is 1. The molecule has 2 nitrogen and oxygen atoms in total. The largest absolute Gasteiger partial charge is 0.435 e. The van der Waals surface area contributed by atoms with Gasteiger partial charge in [-0.05, 0) is 18.2 Å². The van der Waals surface area contributed by atoms with Crippen molar-refractivity contribution in [3.05, 3.63) is 41.8 Å². The number of halogens is 4. The molecule has 2 aromatic rings. The van der Waals surface area contributed by atoms with Crippen LogP contribution in [0.5, 0.6) is 0 Å². The minimum Gasteiger partial charge on any atom is -0.277 e. The molecule has 1 aromatic carbocycles. The quantitative estimate of drug-likeness (QED) is 0.748. The number of nitrogens with one attached hydrogen (secondary N) is 1. The Kier molecular flexibility index (Phi) is 2.41. The van der Waals surface area contributed by atoms with Gasteiger partial charge in [-0.15, -0.1) is 0 Å². The standard InChI is InChI=1S/C10H6F4N2/c11-7-3-1-2-6(4-7)8-5-9(16-15-8)10(12,13)14/h1-5H,(H,15,16). The monoisotopic (exact) mass is 230 g/mol. The molecule has 0 unspecified atom stereocenters. The van der Waals surface area contributed by atoms with E-state index in [1.54, 1.807) is 0 Å². The number of nitrogens with zero attached hydrogens (tertiary/aromatic N) is 1. The summed E-state index contributed by atoms with van der Waals surface area (Å²) in [6.45, 7) is 0. The topological polar surface area (TPSA) is 28.7 Å². The lowest BCUT2D eigenvalue weighted by Gasteiger charge is -1.99. The molecule has 0 aliphatic heterocycles. The predicted octanol–water partition coefficient (Wildman–Crippen LogP) is 3.23. The van der Waals surface area contributed by atoms with Crippen molar-refractivity contribution >= 4 is 0 Å². The Labute approximate surface area is 87.9 Å². The van der Waals surface area contributed by atoms with E-state index in [-0.39, 0.29) is 5.69 Å². The van der Waals surface area contributed by atoms with E-state index in [0.29, 0.717) is 5.56 Å². The van der Waals surface area contributed by atoms with E-state index in [9.17, 15) is 17.6 Å². The molecule has 1 N–H and O–H groups in total. The first-order valence-electron chi connectivity index (χ1n) is 4.35. The first kappa shape index (κ1) is 10.7. The number of hydrogen-bond donors (Lipinski definition) is 1. The van der Waals surface area contributed by atoms with Gasteiger partial charge in [0.15, 0.2) is 5.69 Å². The molecule has 0 amide bonds. The summed E-state index contributed by atoms with van der Waals surface area (Å²) >= 11 is 0. The third kappa shape index (κ3) is 2.05. The van der Waals surface area contributed by atoms with Gasteiger partial charge in [-0.1, -0.05) is 12.1 Å². The summed E-state index contributed by atoms with van der Waals surface area (Å²) in [7, 11) is 0. The van der Waals surface area contributed by atoms with Crippen LogP contribution in [-0.4, -0.2) is 10.2 Å². The molecule has 0 saturated carbocycles. The first-order valence-corrected chi connectivity index (χ1v) is 4.35. The summed E-state index contributed by atoms with van der Waals surface area (Å²) in [4.78, 5) is 0. The highest BCUT2D eigenvalue weighted by Crippen LogP contribution is 2.30. The SMILES string of the molecule is Fc1cccc(-c2cc(C(F)(F)F)n[nH]2)c1. The van der Waals surface area contributed by atoms with Crippen molar-refractivity contribution in [1.29, 1.82) is 0 Å². The average molecular weight is 230 g/mol. The lowest BCUT2D eigenvalue weighted by atomic mass is 10.1. The summed E-state index contributed by atoms with van der Waals surface area (Å²) in [5.41, 5.74) is -0.568. The highest BCUT2D eigenvalue weighted by atomic mass is 19.4. The minimum absolute atomic E-state index is 0.131. The van der Waals surface area contributed by atoms with Gasteiger partial charge < -0.3 is 0 Å². The second kappa shape index (κ2) is 3.62.